The van der Waals surface area contributed by atoms with E-state index in [1.807, 2.05) is 25.7 Å². The van der Waals surface area contributed by atoms with E-state index in [0.717, 1.165) is 32.6 Å². The molecule has 0 unspecified atom stereocenters. The Kier molecular flexibility index (Phi) is 5.51. The van der Waals surface area contributed by atoms with Gasteiger partial charge in [-0.15, -0.1) is 12.4 Å². The van der Waals surface area contributed by atoms with Crippen molar-refractivity contribution in [2.45, 2.75) is 52.1 Å². The number of carbonyl (C=O) groups is 1. The van der Waals surface area contributed by atoms with E-state index < -0.39 is 5.60 Å². The van der Waals surface area contributed by atoms with Crippen molar-refractivity contribution < 1.29 is 9.53 Å². The van der Waals surface area contributed by atoms with Crippen LogP contribution in [0, 0.1) is 5.41 Å². The number of ether oxygens (including phenoxy) is 1. The van der Waals surface area contributed by atoms with Crippen molar-refractivity contribution in [1.82, 2.24) is 10.2 Å². The van der Waals surface area contributed by atoms with Gasteiger partial charge in [0.25, 0.3) is 0 Å². The summed E-state index contributed by atoms with van der Waals surface area (Å²) in [7, 11) is 0. The van der Waals surface area contributed by atoms with Crippen LogP contribution in [0.25, 0.3) is 0 Å². The minimum atomic E-state index is -0.393. The average molecular weight is 291 g/mol. The van der Waals surface area contributed by atoms with E-state index in [1.54, 1.807) is 0 Å². The molecule has 0 aromatic rings. The third-order valence-electron chi connectivity index (χ3n) is 3.98. The van der Waals surface area contributed by atoms with Crippen LogP contribution in [-0.2, 0) is 4.74 Å². The summed E-state index contributed by atoms with van der Waals surface area (Å²) >= 11 is 0. The van der Waals surface area contributed by atoms with Crippen molar-refractivity contribution in [2.75, 3.05) is 26.2 Å². The molecule has 0 atom stereocenters. The maximum Gasteiger partial charge on any atom is 0.410 e. The highest BCUT2D eigenvalue weighted by Gasteiger charge is 2.38. The molecule has 112 valence electrons. The molecule has 1 spiro atoms. The number of nitrogens with one attached hydrogen (secondary N) is 1. The Labute approximate surface area is 122 Å². The molecule has 0 bridgehead atoms. The van der Waals surface area contributed by atoms with E-state index in [2.05, 4.69) is 5.32 Å². The smallest absolute Gasteiger partial charge is 0.410 e. The lowest BCUT2D eigenvalue weighted by Crippen LogP contribution is -2.51. The lowest BCUT2D eigenvalue weighted by Gasteiger charge is -2.45. The molecule has 4 nitrogen and oxygen atoms in total. The highest BCUT2D eigenvalue weighted by atomic mass is 35.5. The zero-order valence-corrected chi connectivity index (χ0v) is 13.1. The second kappa shape index (κ2) is 6.31. The first-order valence-electron chi connectivity index (χ1n) is 7.09. The van der Waals surface area contributed by atoms with Crippen molar-refractivity contribution >= 4 is 18.5 Å². The highest BCUT2D eigenvalue weighted by Crippen LogP contribution is 2.38. The van der Waals surface area contributed by atoms with Gasteiger partial charge in [-0.1, -0.05) is 0 Å². The van der Waals surface area contributed by atoms with E-state index in [9.17, 15) is 4.79 Å². The minimum absolute atomic E-state index is 0. The topological polar surface area (TPSA) is 41.6 Å². The molecule has 0 saturated carbocycles. The van der Waals surface area contributed by atoms with Crippen molar-refractivity contribution in [3.63, 3.8) is 0 Å². The number of rotatable bonds is 0. The standard InChI is InChI=1S/C14H26N2O2.ClH/c1-13(2,3)18-12(17)16-10-4-5-14(11-16)6-8-15-9-7-14;/h15H,4-11H2,1-3H3;1H. The summed E-state index contributed by atoms with van der Waals surface area (Å²) in [5.74, 6) is 0. The Hall–Kier alpha value is -0.480. The molecule has 0 aromatic heterocycles. The minimum Gasteiger partial charge on any atom is -0.444 e. The van der Waals surface area contributed by atoms with E-state index in [-0.39, 0.29) is 18.5 Å². The van der Waals surface area contributed by atoms with Crippen molar-refractivity contribution in [2.24, 2.45) is 5.41 Å². The molecule has 2 fully saturated rings. The summed E-state index contributed by atoms with van der Waals surface area (Å²) in [5.41, 5.74) is -0.0454. The maximum atomic E-state index is 12.1. The van der Waals surface area contributed by atoms with Gasteiger partial charge < -0.3 is 15.0 Å². The van der Waals surface area contributed by atoms with Gasteiger partial charge in [0, 0.05) is 13.1 Å². The van der Waals surface area contributed by atoms with Crippen LogP contribution < -0.4 is 5.32 Å². The summed E-state index contributed by atoms with van der Waals surface area (Å²) in [6.07, 6.45) is 4.60. The van der Waals surface area contributed by atoms with E-state index in [1.165, 1.54) is 19.3 Å². The first-order valence-corrected chi connectivity index (χ1v) is 7.09. The van der Waals surface area contributed by atoms with Gasteiger partial charge in [0.1, 0.15) is 5.60 Å². The summed E-state index contributed by atoms with van der Waals surface area (Å²) in [6, 6.07) is 0. The van der Waals surface area contributed by atoms with Crippen LogP contribution in [0.4, 0.5) is 4.79 Å². The van der Waals surface area contributed by atoms with E-state index in [0.29, 0.717) is 5.41 Å². The number of hydrogen-bond donors (Lipinski definition) is 1. The molecule has 0 radical (unpaired) electrons. The van der Waals surface area contributed by atoms with Gasteiger partial charge in [0.15, 0.2) is 0 Å². The number of nitrogens with zero attached hydrogens (tertiary/aromatic N) is 1. The molecule has 5 heteroatoms. The number of halogens is 1. The Morgan fingerprint density at radius 3 is 2.42 bits per heavy atom. The second-order valence-electron chi connectivity index (χ2n) is 6.76. The van der Waals surface area contributed by atoms with Gasteiger partial charge in [0.2, 0.25) is 0 Å². The van der Waals surface area contributed by atoms with Gasteiger partial charge in [-0.3, -0.25) is 0 Å². The molecular weight excluding hydrogens is 264 g/mol. The van der Waals surface area contributed by atoms with Crippen LogP contribution in [0.15, 0.2) is 0 Å². The van der Waals surface area contributed by atoms with Crippen molar-refractivity contribution in [1.29, 1.82) is 0 Å². The van der Waals surface area contributed by atoms with Gasteiger partial charge >= 0.3 is 6.09 Å². The van der Waals surface area contributed by atoms with Crippen LogP contribution in [0.5, 0.6) is 0 Å². The van der Waals surface area contributed by atoms with Crippen molar-refractivity contribution in [3.05, 3.63) is 0 Å². The predicted molar refractivity (Wildman–Crippen MR) is 78.8 cm³/mol. The van der Waals surface area contributed by atoms with Crippen molar-refractivity contribution in [3.8, 4) is 0 Å². The summed E-state index contributed by atoms with van der Waals surface area (Å²) in [4.78, 5) is 14.0. The molecule has 2 aliphatic rings. The number of carbonyl (C=O) groups excluding carboxylic acids is 1. The predicted octanol–water partition coefficient (Wildman–Crippen LogP) is 2.81. The van der Waals surface area contributed by atoms with E-state index >= 15 is 0 Å². The summed E-state index contributed by atoms with van der Waals surface area (Å²) in [5, 5.41) is 3.40. The number of piperidine rings is 2. The maximum absolute atomic E-state index is 12.1. The van der Waals surface area contributed by atoms with E-state index in [4.69, 9.17) is 4.74 Å². The van der Waals surface area contributed by atoms with Crippen LogP contribution in [0.3, 0.4) is 0 Å². The molecule has 2 aliphatic heterocycles. The molecule has 2 saturated heterocycles. The van der Waals surface area contributed by atoms with Gasteiger partial charge in [-0.2, -0.15) is 0 Å². The zero-order valence-electron chi connectivity index (χ0n) is 12.3. The number of likely N-dealkylation sites (tertiary alicyclic amines) is 1. The fraction of sp³-hybridized carbons (Fsp3) is 0.929. The Balaban J connectivity index is 0.00000180. The molecule has 19 heavy (non-hydrogen) atoms. The molecule has 1 N–H and O–H groups in total. The van der Waals surface area contributed by atoms with Crippen LogP contribution in [0.2, 0.25) is 0 Å². The quantitative estimate of drug-likeness (QED) is 0.746. The first-order chi connectivity index (χ1) is 8.40. The lowest BCUT2D eigenvalue weighted by molar-refractivity contribution is -0.00180. The molecule has 1 amide bonds. The van der Waals surface area contributed by atoms with Gasteiger partial charge in [-0.05, 0) is 65.0 Å². The van der Waals surface area contributed by atoms with Crippen LogP contribution in [0.1, 0.15) is 46.5 Å². The molecule has 0 aromatic carbocycles. The highest BCUT2D eigenvalue weighted by molar-refractivity contribution is 5.85. The third-order valence-corrected chi connectivity index (χ3v) is 3.98. The SMILES string of the molecule is CC(C)(C)OC(=O)N1CCCC2(CCNCC2)C1.Cl. The lowest BCUT2D eigenvalue weighted by atomic mass is 9.73. The second-order valence-corrected chi connectivity index (χ2v) is 6.76. The third kappa shape index (κ3) is 4.53. The molecular formula is C14H27ClN2O2. The Morgan fingerprint density at radius 2 is 1.84 bits per heavy atom. The zero-order chi connectivity index (χ0) is 13.2. The van der Waals surface area contributed by atoms with Crippen LogP contribution >= 0.6 is 12.4 Å². The normalized spacial score (nSPS) is 22.8. The first kappa shape index (κ1) is 16.6. The summed E-state index contributed by atoms with van der Waals surface area (Å²) in [6.45, 7) is 9.68. The monoisotopic (exact) mass is 290 g/mol. The fourth-order valence-electron chi connectivity index (χ4n) is 3.06. The Morgan fingerprint density at radius 1 is 1.21 bits per heavy atom. The number of amides is 1. The van der Waals surface area contributed by atoms with Gasteiger partial charge in [0.05, 0.1) is 0 Å². The Bertz CT molecular complexity index is 304. The van der Waals surface area contributed by atoms with Crippen LogP contribution in [-0.4, -0.2) is 42.8 Å². The largest absolute Gasteiger partial charge is 0.444 e. The summed E-state index contributed by atoms with van der Waals surface area (Å²) < 4.78 is 5.48. The van der Waals surface area contributed by atoms with Gasteiger partial charge in [-0.25, -0.2) is 4.79 Å². The fourth-order valence-corrected chi connectivity index (χ4v) is 3.06. The molecule has 2 heterocycles. The number of hydrogen-bond acceptors (Lipinski definition) is 3. The molecule has 0 aliphatic carbocycles. The molecule has 2 rings (SSSR count). The average Bonchev–Trinajstić information content (AvgIpc) is 2.28.